The number of aryl methyl sites for hydroxylation is 2. The summed E-state index contributed by atoms with van der Waals surface area (Å²) in [5, 5.41) is 10.5. The van der Waals surface area contributed by atoms with Crippen LogP contribution in [0.15, 0.2) is 48.7 Å². The predicted molar refractivity (Wildman–Crippen MR) is 111 cm³/mol. The van der Waals surface area contributed by atoms with Gasteiger partial charge in [0.05, 0.1) is 11.4 Å². The zero-order valence-electron chi connectivity index (χ0n) is 16.7. The highest BCUT2D eigenvalue weighted by atomic mass is 16.2. The van der Waals surface area contributed by atoms with Crippen LogP contribution in [0.2, 0.25) is 0 Å². The number of rotatable bonds is 4. The molecule has 0 spiro atoms. The topological polar surface area (TPSA) is 81.0 Å². The van der Waals surface area contributed by atoms with E-state index < -0.39 is 6.04 Å². The molecule has 0 radical (unpaired) electrons. The van der Waals surface area contributed by atoms with Gasteiger partial charge in [-0.15, -0.1) is 0 Å². The quantitative estimate of drug-likeness (QED) is 0.717. The van der Waals surface area contributed by atoms with Crippen molar-refractivity contribution in [2.75, 3.05) is 6.54 Å². The summed E-state index contributed by atoms with van der Waals surface area (Å²) < 4.78 is 3.61. The average Bonchev–Trinajstić information content (AvgIpc) is 3.27. The number of carbonyl (C=O) groups is 2. The zero-order valence-corrected chi connectivity index (χ0v) is 16.7. The molecule has 1 unspecified atom stereocenters. The Morgan fingerprint density at radius 1 is 1.21 bits per heavy atom. The first-order valence-electron chi connectivity index (χ1n) is 9.90. The summed E-state index contributed by atoms with van der Waals surface area (Å²) in [5.41, 5.74) is 3.91. The molecule has 29 heavy (non-hydrogen) atoms. The van der Waals surface area contributed by atoms with E-state index in [2.05, 4.69) is 10.6 Å². The summed E-state index contributed by atoms with van der Waals surface area (Å²) in [4.78, 5) is 25.4. The number of benzene rings is 1. The highest BCUT2D eigenvalue weighted by molar-refractivity contribution is 5.97. The van der Waals surface area contributed by atoms with Crippen LogP contribution in [0.1, 0.15) is 35.3 Å². The van der Waals surface area contributed by atoms with E-state index in [1.807, 2.05) is 61.1 Å². The molecular weight excluding hydrogens is 366 g/mol. The first kappa shape index (κ1) is 19.0. The molecule has 1 aliphatic heterocycles. The maximum atomic E-state index is 13.2. The lowest BCUT2D eigenvalue weighted by Crippen LogP contribution is -2.45. The van der Waals surface area contributed by atoms with Crippen LogP contribution >= 0.6 is 0 Å². The molecule has 2 amide bonds. The Hall–Kier alpha value is -3.35. The Kier molecular flexibility index (Phi) is 5.20. The second-order valence-electron chi connectivity index (χ2n) is 7.48. The standard InChI is InChI=1S/C22H25N5O2/c1-15-7-5-8-16(13-15)27-20(14-18(25-27)19-10-6-12-26(19)2)22(29)24-17-9-3-4-11-23-21(17)28/h5-8,10,12-14,17H,3-4,9,11H2,1-2H3,(H,23,28)(H,24,29). The predicted octanol–water partition coefficient (Wildman–Crippen LogP) is 2.58. The van der Waals surface area contributed by atoms with E-state index in [0.29, 0.717) is 24.4 Å². The summed E-state index contributed by atoms with van der Waals surface area (Å²) in [6.07, 6.45) is 4.41. The Morgan fingerprint density at radius 2 is 2.07 bits per heavy atom. The molecule has 150 valence electrons. The molecule has 1 aromatic carbocycles. The SMILES string of the molecule is Cc1cccc(-n2nc(-c3cccn3C)cc2C(=O)NC2CCCCNC2=O)c1. The fraction of sp³-hybridized carbons (Fsp3) is 0.318. The summed E-state index contributed by atoms with van der Waals surface area (Å²) in [6, 6.07) is 13.0. The molecule has 1 aliphatic rings. The minimum atomic E-state index is -0.524. The summed E-state index contributed by atoms with van der Waals surface area (Å²) in [6.45, 7) is 2.66. The Morgan fingerprint density at radius 3 is 2.83 bits per heavy atom. The number of aromatic nitrogens is 3. The third-order valence-corrected chi connectivity index (χ3v) is 5.24. The van der Waals surface area contributed by atoms with E-state index in [0.717, 1.165) is 29.8 Å². The lowest BCUT2D eigenvalue weighted by molar-refractivity contribution is -0.122. The molecule has 1 fully saturated rings. The van der Waals surface area contributed by atoms with Gasteiger partial charge in [-0.3, -0.25) is 9.59 Å². The van der Waals surface area contributed by atoms with Crippen LogP contribution < -0.4 is 10.6 Å². The maximum Gasteiger partial charge on any atom is 0.270 e. The Balaban J connectivity index is 1.72. The molecular formula is C22H25N5O2. The van der Waals surface area contributed by atoms with Gasteiger partial charge in [-0.25, -0.2) is 4.68 Å². The van der Waals surface area contributed by atoms with Crippen LogP contribution in [0, 0.1) is 6.92 Å². The van der Waals surface area contributed by atoms with Gasteiger partial charge < -0.3 is 15.2 Å². The highest BCUT2D eigenvalue weighted by Crippen LogP contribution is 2.23. The molecule has 0 aliphatic carbocycles. The number of nitrogens with one attached hydrogen (secondary N) is 2. The van der Waals surface area contributed by atoms with Crippen molar-refractivity contribution in [3.63, 3.8) is 0 Å². The van der Waals surface area contributed by atoms with Gasteiger partial charge in [-0.2, -0.15) is 5.10 Å². The Bertz CT molecular complexity index is 1050. The van der Waals surface area contributed by atoms with Crippen LogP contribution in [0.3, 0.4) is 0 Å². The van der Waals surface area contributed by atoms with Crippen molar-refractivity contribution < 1.29 is 9.59 Å². The van der Waals surface area contributed by atoms with E-state index in [9.17, 15) is 9.59 Å². The van der Waals surface area contributed by atoms with Crippen LogP contribution in [-0.4, -0.2) is 38.7 Å². The van der Waals surface area contributed by atoms with Gasteiger partial charge in [0.2, 0.25) is 5.91 Å². The lowest BCUT2D eigenvalue weighted by atomic mass is 10.1. The lowest BCUT2D eigenvalue weighted by Gasteiger charge is -2.15. The monoisotopic (exact) mass is 391 g/mol. The third-order valence-electron chi connectivity index (χ3n) is 5.24. The summed E-state index contributed by atoms with van der Waals surface area (Å²) in [5.74, 6) is -0.429. The minimum absolute atomic E-state index is 0.125. The van der Waals surface area contributed by atoms with E-state index in [1.54, 1.807) is 10.7 Å². The van der Waals surface area contributed by atoms with Crippen molar-refractivity contribution in [1.29, 1.82) is 0 Å². The van der Waals surface area contributed by atoms with Crippen molar-refractivity contribution >= 4 is 11.8 Å². The van der Waals surface area contributed by atoms with Gasteiger partial charge >= 0.3 is 0 Å². The largest absolute Gasteiger partial charge is 0.354 e. The molecule has 2 N–H and O–H groups in total. The van der Waals surface area contributed by atoms with E-state index in [1.165, 1.54) is 0 Å². The molecule has 7 nitrogen and oxygen atoms in total. The fourth-order valence-electron chi connectivity index (χ4n) is 3.66. The van der Waals surface area contributed by atoms with Gasteiger partial charge in [-0.1, -0.05) is 12.1 Å². The molecule has 3 aromatic rings. The molecule has 0 saturated carbocycles. The number of carbonyl (C=O) groups excluding carboxylic acids is 2. The minimum Gasteiger partial charge on any atom is -0.354 e. The van der Waals surface area contributed by atoms with Gasteiger partial charge in [0.15, 0.2) is 0 Å². The normalized spacial score (nSPS) is 16.9. The van der Waals surface area contributed by atoms with Crippen molar-refractivity contribution in [3.05, 3.63) is 59.9 Å². The van der Waals surface area contributed by atoms with Crippen LogP contribution in [0.5, 0.6) is 0 Å². The van der Waals surface area contributed by atoms with E-state index in [-0.39, 0.29) is 11.8 Å². The first-order chi connectivity index (χ1) is 14.0. The molecule has 1 saturated heterocycles. The van der Waals surface area contributed by atoms with Crippen LogP contribution in [0.4, 0.5) is 0 Å². The average molecular weight is 391 g/mol. The van der Waals surface area contributed by atoms with E-state index in [4.69, 9.17) is 5.10 Å². The smallest absolute Gasteiger partial charge is 0.270 e. The third kappa shape index (κ3) is 3.94. The van der Waals surface area contributed by atoms with Gasteiger partial charge in [0.1, 0.15) is 17.4 Å². The van der Waals surface area contributed by atoms with Crippen molar-refractivity contribution in [2.24, 2.45) is 7.05 Å². The second-order valence-corrected chi connectivity index (χ2v) is 7.48. The zero-order chi connectivity index (χ0) is 20.4. The number of hydrogen-bond donors (Lipinski definition) is 2. The molecule has 0 bridgehead atoms. The highest BCUT2D eigenvalue weighted by Gasteiger charge is 2.26. The number of nitrogens with zero attached hydrogens (tertiary/aromatic N) is 3. The van der Waals surface area contributed by atoms with Crippen LogP contribution in [0.25, 0.3) is 17.1 Å². The molecule has 4 rings (SSSR count). The van der Waals surface area contributed by atoms with Crippen molar-refractivity contribution in [2.45, 2.75) is 32.2 Å². The first-order valence-corrected chi connectivity index (χ1v) is 9.90. The maximum absolute atomic E-state index is 13.2. The van der Waals surface area contributed by atoms with Crippen molar-refractivity contribution in [3.8, 4) is 17.1 Å². The molecule has 1 atom stereocenters. The van der Waals surface area contributed by atoms with E-state index >= 15 is 0 Å². The van der Waals surface area contributed by atoms with Gasteiger partial charge in [0.25, 0.3) is 5.91 Å². The Labute approximate surface area is 169 Å². The van der Waals surface area contributed by atoms with Crippen LogP contribution in [-0.2, 0) is 11.8 Å². The van der Waals surface area contributed by atoms with Gasteiger partial charge in [0, 0.05) is 19.8 Å². The fourth-order valence-corrected chi connectivity index (χ4v) is 3.66. The number of amides is 2. The molecule has 3 heterocycles. The van der Waals surface area contributed by atoms with Gasteiger partial charge in [-0.05, 0) is 62.1 Å². The van der Waals surface area contributed by atoms with Crippen molar-refractivity contribution in [1.82, 2.24) is 25.0 Å². The number of hydrogen-bond acceptors (Lipinski definition) is 3. The summed E-state index contributed by atoms with van der Waals surface area (Å²) in [7, 11) is 1.94. The second kappa shape index (κ2) is 7.95. The molecule has 7 heteroatoms. The molecule has 2 aromatic heterocycles. The summed E-state index contributed by atoms with van der Waals surface area (Å²) >= 11 is 0.